The fourth-order valence-corrected chi connectivity index (χ4v) is 7.81. The topological polar surface area (TPSA) is 196 Å². The van der Waals surface area contributed by atoms with Crippen LogP contribution < -0.4 is 10.6 Å². The van der Waals surface area contributed by atoms with Crippen molar-refractivity contribution in [3.8, 4) is 0 Å². The lowest BCUT2D eigenvalue weighted by molar-refractivity contribution is -0.146. The Bertz CT molecular complexity index is 773. The Balaban J connectivity index is 0. The number of amides is 1. The summed E-state index contributed by atoms with van der Waals surface area (Å²) in [5.41, 5.74) is -1.34. The van der Waals surface area contributed by atoms with Gasteiger partial charge in [-0.1, -0.05) is 41.0 Å². The molecule has 0 aliphatic rings. The van der Waals surface area contributed by atoms with Gasteiger partial charge in [-0.3, -0.25) is 14.9 Å². The number of hydrogen-bond acceptors (Lipinski definition) is 13. The van der Waals surface area contributed by atoms with E-state index in [2.05, 4.69) is 24.5 Å². The minimum Gasteiger partial charge on any atom is -0.463 e. The van der Waals surface area contributed by atoms with Gasteiger partial charge < -0.3 is 48.9 Å². The van der Waals surface area contributed by atoms with E-state index in [0.29, 0.717) is 50.2 Å². The van der Waals surface area contributed by atoms with Gasteiger partial charge in [0, 0.05) is 50.0 Å². The molecule has 1 amide bonds. The fourth-order valence-electron chi connectivity index (χ4n) is 4.16. The van der Waals surface area contributed by atoms with E-state index in [0.717, 1.165) is 31.7 Å². The first-order chi connectivity index (χ1) is 22.8. The van der Waals surface area contributed by atoms with E-state index in [1.165, 1.54) is 11.8 Å². The maximum absolute atomic E-state index is 11.7. The Morgan fingerprint density at radius 1 is 0.854 bits per heavy atom. The zero-order valence-electron chi connectivity index (χ0n) is 31.0. The predicted octanol–water partition coefficient (Wildman–Crippen LogP) is 2.69. The second kappa shape index (κ2) is 29.8. The standard InChI is InChI=1S/C19H39NO7S.C14H31NO4Si/c1-4-14(2)5-6-16(24)9-27-17(25)7-8-28-10-15(3)18(26)20-19(11-21,12-22)13-23;1-6-13(5)14(16)15-11-10-12-20(17-7-2,18-8-3)19-9-4/h14-16,18,20-24,26H,4-13H2,1-3H3;13H,6-12H2,1-5H3,(H,15,16). The van der Waals surface area contributed by atoms with Crippen LogP contribution >= 0.6 is 11.8 Å². The summed E-state index contributed by atoms with van der Waals surface area (Å²) in [6.07, 6.45) is 2.83. The number of aliphatic hydroxyl groups excluding tert-OH is 5. The van der Waals surface area contributed by atoms with Crippen molar-refractivity contribution >= 4 is 32.4 Å². The number of rotatable bonds is 29. The van der Waals surface area contributed by atoms with E-state index in [1.807, 2.05) is 34.6 Å². The molecule has 0 aromatic rings. The molecule has 15 heteroatoms. The van der Waals surface area contributed by atoms with Gasteiger partial charge in [0.25, 0.3) is 0 Å². The minimum atomic E-state index is -2.55. The Kier molecular flexibility index (Phi) is 30.6. The van der Waals surface area contributed by atoms with Crippen molar-refractivity contribution in [2.75, 3.05) is 64.3 Å². The second-order valence-electron chi connectivity index (χ2n) is 12.3. The maximum atomic E-state index is 11.7. The zero-order chi connectivity index (χ0) is 37.0. The van der Waals surface area contributed by atoms with Crippen LogP contribution in [0.25, 0.3) is 0 Å². The predicted molar refractivity (Wildman–Crippen MR) is 192 cm³/mol. The molecule has 0 aromatic heterocycles. The molecule has 5 atom stereocenters. The highest BCUT2D eigenvalue weighted by Crippen LogP contribution is 2.18. The molecule has 0 bridgehead atoms. The van der Waals surface area contributed by atoms with Crippen LogP contribution in [0.2, 0.25) is 6.04 Å². The van der Waals surface area contributed by atoms with Crippen molar-refractivity contribution in [2.24, 2.45) is 17.8 Å². The number of ether oxygens (including phenoxy) is 1. The van der Waals surface area contributed by atoms with Crippen LogP contribution in [0.4, 0.5) is 0 Å². The largest absolute Gasteiger partial charge is 0.500 e. The SMILES string of the molecule is CCC(C)CCC(O)COC(=O)CCSCC(C)C(O)NC(CO)(CO)CO.CCO[Si](CCCNC(=O)C(C)CC)(OCC)OCC. The number of esters is 1. The average Bonchev–Trinajstić information content (AvgIpc) is 3.08. The van der Waals surface area contributed by atoms with Crippen LogP contribution in [0, 0.1) is 17.8 Å². The van der Waals surface area contributed by atoms with Crippen molar-refractivity contribution in [3.63, 3.8) is 0 Å². The van der Waals surface area contributed by atoms with Gasteiger partial charge in [0.05, 0.1) is 37.9 Å². The zero-order valence-corrected chi connectivity index (χ0v) is 32.8. The summed E-state index contributed by atoms with van der Waals surface area (Å²) in [5, 5.41) is 53.4. The number of hydrogen-bond donors (Lipinski definition) is 7. The third-order valence-corrected chi connectivity index (χ3v) is 12.4. The van der Waals surface area contributed by atoms with E-state index in [-0.39, 0.29) is 36.7 Å². The molecule has 0 rings (SSSR count). The molecule has 0 radical (unpaired) electrons. The summed E-state index contributed by atoms with van der Waals surface area (Å²) in [6.45, 7) is 16.7. The van der Waals surface area contributed by atoms with Gasteiger partial charge in [-0.15, -0.1) is 0 Å². The average molecular weight is 731 g/mol. The van der Waals surface area contributed by atoms with Crippen molar-refractivity contribution in [2.45, 2.75) is 118 Å². The van der Waals surface area contributed by atoms with Crippen LogP contribution in [0.3, 0.4) is 0 Å². The first kappa shape index (κ1) is 49.3. The maximum Gasteiger partial charge on any atom is 0.500 e. The summed E-state index contributed by atoms with van der Waals surface area (Å²) in [4.78, 5) is 23.4. The third-order valence-electron chi connectivity index (χ3n) is 7.97. The Hall–Kier alpha value is -0.853. The summed E-state index contributed by atoms with van der Waals surface area (Å²) in [7, 11) is -2.55. The van der Waals surface area contributed by atoms with E-state index in [9.17, 15) is 35.1 Å². The molecule has 0 fully saturated rings. The van der Waals surface area contributed by atoms with Gasteiger partial charge in [0.2, 0.25) is 5.91 Å². The van der Waals surface area contributed by atoms with Gasteiger partial charge in [-0.2, -0.15) is 11.8 Å². The van der Waals surface area contributed by atoms with Gasteiger partial charge in [-0.25, -0.2) is 0 Å². The fraction of sp³-hybridized carbons (Fsp3) is 0.939. The first-order valence-corrected chi connectivity index (χ1v) is 20.8. The smallest absolute Gasteiger partial charge is 0.463 e. The van der Waals surface area contributed by atoms with Crippen LogP contribution in [-0.2, 0) is 27.6 Å². The molecule has 0 heterocycles. The monoisotopic (exact) mass is 730 g/mol. The second-order valence-corrected chi connectivity index (χ2v) is 16.1. The third kappa shape index (κ3) is 22.8. The van der Waals surface area contributed by atoms with Gasteiger partial charge in [0.1, 0.15) is 12.8 Å². The molecule has 13 nitrogen and oxygen atoms in total. The highest BCUT2D eigenvalue weighted by Gasteiger charge is 2.39. The number of nitrogens with one attached hydrogen (secondary N) is 2. The molecule has 0 saturated carbocycles. The number of carbonyl (C=O) groups is 2. The summed E-state index contributed by atoms with van der Waals surface area (Å²) >= 11 is 1.47. The summed E-state index contributed by atoms with van der Waals surface area (Å²) in [5.74, 6) is 1.20. The van der Waals surface area contributed by atoms with Gasteiger partial charge in [0.15, 0.2) is 0 Å². The van der Waals surface area contributed by atoms with Crippen LogP contribution in [0.15, 0.2) is 0 Å². The molecule has 0 spiro atoms. The molecule has 0 saturated heterocycles. The first-order valence-electron chi connectivity index (χ1n) is 17.7. The normalized spacial score (nSPS) is 15.1. The summed E-state index contributed by atoms with van der Waals surface area (Å²) < 4.78 is 22.4. The highest BCUT2D eigenvalue weighted by atomic mass is 32.2. The van der Waals surface area contributed by atoms with Crippen LogP contribution in [0.1, 0.15) is 93.9 Å². The van der Waals surface area contributed by atoms with Gasteiger partial charge >= 0.3 is 14.8 Å². The summed E-state index contributed by atoms with van der Waals surface area (Å²) in [6, 6.07) is 0.739. The van der Waals surface area contributed by atoms with E-state index in [1.54, 1.807) is 6.92 Å². The van der Waals surface area contributed by atoms with Crippen molar-refractivity contribution in [1.29, 1.82) is 0 Å². The molecule has 0 aliphatic carbocycles. The van der Waals surface area contributed by atoms with Crippen molar-refractivity contribution < 1.29 is 53.1 Å². The Morgan fingerprint density at radius 2 is 1.42 bits per heavy atom. The highest BCUT2D eigenvalue weighted by molar-refractivity contribution is 7.99. The van der Waals surface area contributed by atoms with E-state index >= 15 is 0 Å². The van der Waals surface area contributed by atoms with Crippen molar-refractivity contribution in [1.82, 2.24) is 10.6 Å². The molecular formula is C33H70N2O11SSi. The molecule has 48 heavy (non-hydrogen) atoms. The lowest BCUT2D eigenvalue weighted by Gasteiger charge is -2.33. The number of thioether (sulfide) groups is 1. The molecule has 288 valence electrons. The Morgan fingerprint density at radius 3 is 1.90 bits per heavy atom. The lowest BCUT2D eigenvalue weighted by Crippen LogP contribution is -2.59. The molecule has 5 unspecified atom stereocenters. The molecule has 7 N–H and O–H groups in total. The minimum absolute atomic E-state index is 0.0184. The van der Waals surface area contributed by atoms with E-state index in [4.69, 9.17) is 18.0 Å². The molecule has 0 aliphatic heterocycles. The van der Waals surface area contributed by atoms with Crippen molar-refractivity contribution in [3.05, 3.63) is 0 Å². The van der Waals surface area contributed by atoms with Crippen LogP contribution in [-0.4, -0.2) is 128 Å². The quantitative estimate of drug-likeness (QED) is 0.0257. The lowest BCUT2D eigenvalue weighted by atomic mass is 10.0. The Labute approximate surface area is 295 Å². The number of aliphatic hydroxyl groups is 5. The van der Waals surface area contributed by atoms with Crippen LogP contribution in [0.5, 0.6) is 0 Å². The van der Waals surface area contributed by atoms with E-state index < -0.39 is 46.5 Å². The number of carbonyl (C=O) groups excluding carboxylic acids is 2. The van der Waals surface area contributed by atoms with Gasteiger partial charge in [-0.05, 0) is 58.1 Å². The molecular weight excluding hydrogens is 661 g/mol. The molecule has 0 aromatic carbocycles.